The number of piperidine rings is 1. The first kappa shape index (κ1) is 25.9. The number of anilines is 2. The molecule has 0 aromatic carbocycles. The number of rotatable bonds is 8. The third kappa shape index (κ3) is 6.32. The van der Waals surface area contributed by atoms with Crippen LogP contribution in [0.15, 0.2) is 12.1 Å². The summed E-state index contributed by atoms with van der Waals surface area (Å²) in [6.07, 6.45) is -2.17. The average Bonchev–Trinajstić information content (AvgIpc) is 3.66. The third-order valence-electron chi connectivity index (χ3n) is 6.20. The maximum atomic E-state index is 12.6. The summed E-state index contributed by atoms with van der Waals surface area (Å²) in [6.45, 7) is -0.729. The molecule has 3 heterocycles. The van der Waals surface area contributed by atoms with Crippen LogP contribution in [0.2, 0.25) is 0 Å². The van der Waals surface area contributed by atoms with Crippen molar-refractivity contribution in [2.24, 2.45) is 11.1 Å². The van der Waals surface area contributed by atoms with Crippen molar-refractivity contribution in [1.29, 1.82) is 5.26 Å². The lowest BCUT2D eigenvalue weighted by atomic mass is 9.93. The van der Waals surface area contributed by atoms with Gasteiger partial charge in [0.05, 0.1) is 17.2 Å². The number of hydrogen-bond donors (Lipinski definition) is 3. The smallest absolute Gasteiger partial charge is 0.405 e. The number of pyridine rings is 1. The number of amides is 2. The highest BCUT2D eigenvalue weighted by molar-refractivity contribution is 5.95. The van der Waals surface area contributed by atoms with Crippen molar-refractivity contribution in [1.82, 2.24) is 25.3 Å². The molecule has 5 N–H and O–H groups in total. The van der Waals surface area contributed by atoms with Gasteiger partial charge >= 0.3 is 12.2 Å². The van der Waals surface area contributed by atoms with E-state index in [0.717, 1.165) is 0 Å². The van der Waals surface area contributed by atoms with E-state index in [1.807, 2.05) is 0 Å². The molecule has 0 spiro atoms. The number of nitriles is 1. The van der Waals surface area contributed by atoms with Crippen LogP contribution in [0.25, 0.3) is 0 Å². The largest absolute Gasteiger partial charge is 0.462 e. The molecular weight excluding hydrogens is 495 g/mol. The van der Waals surface area contributed by atoms with Crippen LogP contribution in [0.3, 0.4) is 0 Å². The monoisotopic (exact) mass is 519 g/mol. The van der Waals surface area contributed by atoms with Crippen molar-refractivity contribution in [3.05, 3.63) is 29.3 Å². The van der Waals surface area contributed by atoms with E-state index in [1.165, 1.54) is 0 Å². The van der Waals surface area contributed by atoms with Gasteiger partial charge in [0, 0.05) is 24.7 Å². The van der Waals surface area contributed by atoms with Gasteiger partial charge in [-0.05, 0) is 37.8 Å². The lowest BCUT2D eigenvalue weighted by molar-refractivity contribution is -0.123. The molecule has 1 aliphatic carbocycles. The predicted octanol–water partition coefficient (Wildman–Crippen LogP) is 1.31. The van der Waals surface area contributed by atoms with Gasteiger partial charge in [0.15, 0.2) is 5.69 Å². The van der Waals surface area contributed by atoms with Crippen molar-refractivity contribution in [3.8, 4) is 12.1 Å². The number of nitrogens with zero attached hydrogens (tertiary/aromatic N) is 6. The molecule has 2 fully saturated rings. The Labute approximate surface area is 209 Å². The number of carbonyl (C=O) groups excluding carboxylic acids is 2. The van der Waals surface area contributed by atoms with Crippen molar-refractivity contribution in [3.63, 3.8) is 0 Å². The molecule has 196 valence electrons. The Morgan fingerprint density at radius 3 is 2.49 bits per heavy atom. The lowest BCUT2D eigenvalue weighted by Gasteiger charge is -2.32. The van der Waals surface area contributed by atoms with Crippen molar-refractivity contribution in [2.75, 3.05) is 36.9 Å². The van der Waals surface area contributed by atoms with Gasteiger partial charge in [-0.1, -0.05) is 0 Å². The van der Waals surface area contributed by atoms with E-state index < -0.39 is 35.8 Å². The Balaban J connectivity index is 1.51. The second-order valence-electron chi connectivity index (χ2n) is 9.02. The molecule has 1 saturated carbocycles. The molecule has 2 aromatic rings. The molecule has 4 rings (SSSR count). The van der Waals surface area contributed by atoms with Gasteiger partial charge in [-0.15, -0.1) is 0 Å². The van der Waals surface area contributed by atoms with E-state index in [-0.39, 0.29) is 35.9 Å². The lowest BCUT2D eigenvalue weighted by Crippen LogP contribution is -2.37. The van der Waals surface area contributed by atoms with E-state index >= 15 is 0 Å². The van der Waals surface area contributed by atoms with Crippen LogP contribution >= 0.6 is 0 Å². The minimum Gasteiger partial charge on any atom is -0.462 e. The maximum Gasteiger partial charge on any atom is 0.405 e. The van der Waals surface area contributed by atoms with Crippen molar-refractivity contribution < 1.29 is 27.5 Å². The Kier molecular flexibility index (Phi) is 7.01. The summed E-state index contributed by atoms with van der Waals surface area (Å²) in [5.74, 6) is -2.35. The van der Waals surface area contributed by atoms with E-state index in [0.29, 0.717) is 44.5 Å². The van der Waals surface area contributed by atoms with Gasteiger partial charge in [0.25, 0.3) is 11.8 Å². The third-order valence-corrected chi connectivity index (χ3v) is 6.20. The van der Waals surface area contributed by atoms with E-state index in [2.05, 4.69) is 26.0 Å². The van der Waals surface area contributed by atoms with Crippen LogP contribution < -0.4 is 26.4 Å². The number of primary amides is 1. The topological polar surface area (TPSA) is 186 Å². The summed E-state index contributed by atoms with van der Waals surface area (Å²) in [7, 11) is 0. The van der Waals surface area contributed by atoms with Crippen LogP contribution in [0.5, 0.6) is 6.01 Å². The first-order valence-electron chi connectivity index (χ1n) is 11.4. The van der Waals surface area contributed by atoms with E-state index in [1.54, 1.807) is 22.3 Å². The fourth-order valence-electron chi connectivity index (χ4n) is 3.84. The molecule has 0 atom stereocenters. The number of halogens is 3. The molecule has 37 heavy (non-hydrogen) atoms. The SMILES string of the molecule is N#CC1(COc2nc(C(=O)NCC(F)(F)F)nc(N3CCC(c4ccc(N)c(C(N)=O)n4)CC3)n2)CC1. The number of ether oxygens (including phenoxy) is 1. The van der Waals surface area contributed by atoms with Crippen LogP contribution in [-0.4, -0.2) is 64.2 Å². The highest BCUT2D eigenvalue weighted by Crippen LogP contribution is 2.44. The first-order chi connectivity index (χ1) is 17.5. The summed E-state index contributed by atoms with van der Waals surface area (Å²) < 4.78 is 43.3. The van der Waals surface area contributed by atoms with Gasteiger partial charge < -0.3 is 26.4 Å². The van der Waals surface area contributed by atoms with Crippen molar-refractivity contribution in [2.45, 2.75) is 37.8 Å². The molecule has 15 heteroatoms. The highest BCUT2D eigenvalue weighted by atomic mass is 19.4. The molecule has 12 nitrogen and oxygen atoms in total. The molecule has 0 unspecified atom stereocenters. The molecule has 2 aliphatic rings. The van der Waals surface area contributed by atoms with Gasteiger partial charge in [-0.3, -0.25) is 9.59 Å². The summed E-state index contributed by atoms with van der Waals surface area (Å²) in [6, 6.07) is 5.20. The van der Waals surface area contributed by atoms with Crippen LogP contribution in [-0.2, 0) is 0 Å². The second-order valence-corrected chi connectivity index (χ2v) is 9.02. The molecule has 0 radical (unpaired) electrons. The normalized spacial score (nSPS) is 17.1. The zero-order chi connectivity index (χ0) is 26.8. The number of nitrogens with two attached hydrogens (primary N) is 2. The van der Waals surface area contributed by atoms with Gasteiger partial charge in [-0.25, -0.2) is 4.98 Å². The van der Waals surface area contributed by atoms with Gasteiger partial charge in [0.1, 0.15) is 13.2 Å². The second kappa shape index (κ2) is 10.0. The molecule has 1 aliphatic heterocycles. The number of hydrogen-bond acceptors (Lipinski definition) is 10. The zero-order valence-electron chi connectivity index (χ0n) is 19.6. The molecule has 2 aromatic heterocycles. The molecule has 0 bridgehead atoms. The van der Waals surface area contributed by atoms with E-state index in [9.17, 15) is 28.0 Å². The van der Waals surface area contributed by atoms with Crippen molar-refractivity contribution >= 4 is 23.5 Å². The van der Waals surface area contributed by atoms with Crippen LogP contribution in [0.1, 0.15) is 58.4 Å². The van der Waals surface area contributed by atoms with Crippen LogP contribution in [0.4, 0.5) is 24.8 Å². The van der Waals surface area contributed by atoms with E-state index in [4.69, 9.17) is 16.2 Å². The fourth-order valence-corrected chi connectivity index (χ4v) is 3.84. The Bertz CT molecular complexity index is 1240. The number of nitrogens with one attached hydrogen (secondary N) is 1. The number of alkyl halides is 3. The van der Waals surface area contributed by atoms with Gasteiger partial charge in [-0.2, -0.15) is 33.4 Å². The molecular formula is C22H24F3N9O3. The molecule has 2 amide bonds. The quantitative estimate of drug-likeness (QED) is 0.459. The Hall–Kier alpha value is -4.22. The average molecular weight is 519 g/mol. The van der Waals surface area contributed by atoms with Gasteiger partial charge in [0.2, 0.25) is 11.8 Å². The summed E-state index contributed by atoms with van der Waals surface area (Å²) in [5.41, 5.74) is 11.3. The summed E-state index contributed by atoms with van der Waals surface area (Å²) >= 11 is 0. The standard InChI is InChI=1S/C22H24F3N9O3/c23-22(24,25)10-29-18(36)17-31-19(33-20(32-17)37-11-21(9-26)5-6-21)34-7-3-12(4-8-34)14-2-1-13(27)15(30-14)16(28)35/h1-2,12H,3-8,10-11,27H2,(H2,28,35)(H,29,36). The minimum absolute atomic E-state index is 0.000461. The Morgan fingerprint density at radius 1 is 1.19 bits per heavy atom. The fraction of sp³-hybridized carbons (Fsp3) is 0.500. The number of aromatic nitrogens is 4. The summed E-state index contributed by atoms with van der Waals surface area (Å²) in [5, 5.41) is 11.0. The minimum atomic E-state index is -4.61. The van der Waals surface area contributed by atoms with Crippen LogP contribution in [0, 0.1) is 16.7 Å². The zero-order valence-corrected chi connectivity index (χ0v) is 19.6. The predicted molar refractivity (Wildman–Crippen MR) is 122 cm³/mol. The maximum absolute atomic E-state index is 12.6. The number of carbonyl (C=O) groups is 2. The number of nitrogen functional groups attached to an aromatic ring is 1. The highest BCUT2D eigenvalue weighted by Gasteiger charge is 2.44. The Morgan fingerprint density at radius 2 is 1.89 bits per heavy atom. The molecule has 1 saturated heterocycles. The summed E-state index contributed by atoms with van der Waals surface area (Å²) in [4.78, 5) is 42.1. The first-order valence-corrected chi connectivity index (χ1v) is 11.4.